The largest absolute Gasteiger partial charge is 0.498 e. The van der Waals surface area contributed by atoms with E-state index in [2.05, 4.69) is 26.0 Å². The molecule has 31 heavy (non-hydrogen) atoms. The van der Waals surface area contributed by atoms with Crippen LogP contribution in [0.2, 0.25) is 0 Å². The molecule has 0 saturated heterocycles. The van der Waals surface area contributed by atoms with Gasteiger partial charge in [-0.15, -0.1) is 0 Å². The predicted molar refractivity (Wildman–Crippen MR) is 124 cm³/mol. The van der Waals surface area contributed by atoms with Crippen LogP contribution in [0.15, 0.2) is 58.7 Å². The van der Waals surface area contributed by atoms with E-state index in [0.29, 0.717) is 23.7 Å². The molecule has 4 aliphatic rings. The number of hydrogen-bond acceptors (Lipinski definition) is 3. The standard InChI is InChI=1S/C27H34O3S/c1-3-27-15-14-22-21-13-11-19(30-4-2)16-18(21)10-12-23(22)24(27)17-25(26(27)28)31(29)20-8-6-5-7-9-20/h5-10,16,21-25H,3-4,11-15,17H2,1-2H3/t21?,22?,23?,24?,25?,27-,31?/m0/s1. The maximum atomic E-state index is 13.7. The Hall–Kier alpha value is -1.68. The Labute approximate surface area is 188 Å². The summed E-state index contributed by atoms with van der Waals surface area (Å²) in [5, 5.41) is -0.340. The lowest BCUT2D eigenvalue weighted by Gasteiger charge is -2.51. The third-order valence-corrected chi connectivity index (χ3v) is 10.4. The van der Waals surface area contributed by atoms with Crippen molar-refractivity contribution in [2.45, 2.75) is 68.9 Å². The highest BCUT2D eigenvalue weighted by Crippen LogP contribution is 2.62. The van der Waals surface area contributed by atoms with Crippen molar-refractivity contribution in [2.24, 2.45) is 29.1 Å². The maximum Gasteiger partial charge on any atom is 0.155 e. The molecule has 0 amide bonds. The number of benzene rings is 1. The fourth-order valence-corrected chi connectivity index (χ4v) is 8.89. The van der Waals surface area contributed by atoms with Crippen LogP contribution in [0, 0.1) is 29.1 Å². The summed E-state index contributed by atoms with van der Waals surface area (Å²) in [6.45, 7) is 4.97. The molecular weight excluding hydrogens is 404 g/mol. The molecule has 4 aliphatic carbocycles. The van der Waals surface area contributed by atoms with E-state index in [1.54, 1.807) is 0 Å². The molecule has 6 unspecified atom stereocenters. The molecule has 2 fully saturated rings. The summed E-state index contributed by atoms with van der Waals surface area (Å²) < 4.78 is 19.2. The Morgan fingerprint density at radius 3 is 2.68 bits per heavy atom. The summed E-state index contributed by atoms with van der Waals surface area (Å²) in [6.07, 6.45) is 11.8. The van der Waals surface area contributed by atoms with Crippen molar-refractivity contribution in [3.8, 4) is 0 Å². The summed E-state index contributed by atoms with van der Waals surface area (Å²) in [7, 11) is -1.25. The van der Waals surface area contributed by atoms with Gasteiger partial charge < -0.3 is 4.74 Å². The minimum absolute atomic E-state index is 0.261. The Bertz CT molecular complexity index is 933. The first-order valence-corrected chi connectivity index (χ1v) is 13.3. The molecule has 0 radical (unpaired) electrons. The smallest absolute Gasteiger partial charge is 0.155 e. The van der Waals surface area contributed by atoms with Gasteiger partial charge in [0.15, 0.2) is 5.78 Å². The van der Waals surface area contributed by atoms with Gasteiger partial charge in [0.25, 0.3) is 0 Å². The number of fused-ring (bicyclic) bond motifs is 5. The number of carbonyl (C=O) groups excluding carboxylic acids is 1. The number of allylic oxidation sites excluding steroid dienone is 4. The van der Waals surface area contributed by atoms with Crippen molar-refractivity contribution in [1.29, 1.82) is 0 Å². The van der Waals surface area contributed by atoms with Gasteiger partial charge in [0.1, 0.15) is 0 Å². The van der Waals surface area contributed by atoms with E-state index in [4.69, 9.17) is 4.74 Å². The summed E-state index contributed by atoms with van der Waals surface area (Å²) in [6, 6.07) is 9.61. The average molecular weight is 439 g/mol. The van der Waals surface area contributed by atoms with E-state index >= 15 is 0 Å². The molecule has 0 bridgehead atoms. The normalized spacial score (nSPS) is 37.7. The second-order valence-corrected chi connectivity index (χ2v) is 11.4. The lowest BCUT2D eigenvalue weighted by molar-refractivity contribution is -0.132. The van der Waals surface area contributed by atoms with Gasteiger partial charge in [-0.2, -0.15) is 0 Å². The highest BCUT2D eigenvalue weighted by atomic mass is 32.2. The third kappa shape index (κ3) is 3.37. The fourth-order valence-electron chi connectivity index (χ4n) is 7.32. The molecule has 166 valence electrons. The Balaban J connectivity index is 1.44. The molecule has 5 rings (SSSR count). The van der Waals surface area contributed by atoms with Gasteiger partial charge in [-0.1, -0.05) is 31.2 Å². The second kappa shape index (κ2) is 8.35. The summed E-state index contributed by atoms with van der Waals surface area (Å²) in [5.74, 6) is 3.60. The number of Topliss-reactive ketones (excluding diaryl/α,β-unsaturated/α-hetero) is 1. The van der Waals surface area contributed by atoms with E-state index in [1.807, 2.05) is 30.3 Å². The van der Waals surface area contributed by atoms with Crippen molar-refractivity contribution in [3.05, 3.63) is 53.8 Å². The molecule has 3 nitrogen and oxygen atoms in total. The topological polar surface area (TPSA) is 43.4 Å². The monoisotopic (exact) mass is 438 g/mol. The van der Waals surface area contributed by atoms with E-state index in [9.17, 15) is 9.00 Å². The van der Waals surface area contributed by atoms with Crippen LogP contribution in [-0.4, -0.2) is 21.8 Å². The molecule has 1 aromatic rings. The molecule has 2 saturated carbocycles. The van der Waals surface area contributed by atoms with Crippen LogP contribution < -0.4 is 0 Å². The molecule has 0 spiro atoms. The van der Waals surface area contributed by atoms with E-state index in [-0.39, 0.29) is 16.4 Å². The van der Waals surface area contributed by atoms with Crippen molar-refractivity contribution in [1.82, 2.24) is 0 Å². The average Bonchev–Trinajstić information content (AvgIpc) is 3.12. The number of carbonyl (C=O) groups is 1. The molecule has 0 aliphatic heterocycles. The zero-order chi connectivity index (χ0) is 21.6. The molecular formula is C27H34O3S. The Morgan fingerprint density at radius 1 is 1.13 bits per heavy atom. The number of ether oxygens (including phenoxy) is 1. The first-order chi connectivity index (χ1) is 15.1. The minimum Gasteiger partial charge on any atom is -0.498 e. The lowest BCUT2D eigenvalue weighted by atomic mass is 9.52. The van der Waals surface area contributed by atoms with Crippen LogP contribution in [0.3, 0.4) is 0 Å². The van der Waals surface area contributed by atoms with Gasteiger partial charge in [-0.3, -0.25) is 9.00 Å². The quantitative estimate of drug-likeness (QED) is 0.580. The van der Waals surface area contributed by atoms with Gasteiger partial charge in [0.2, 0.25) is 0 Å². The second-order valence-electron chi connectivity index (χ2n) is 9.81. The summed E-state index contributed by atoms with van der Waals surface area (Å²) in [5.41, 5.74) is 1.21. The first kappa shape index (κ1) is 21.2. The molecule has 0 heterocycles. The number of ketones is 1. The summed E-state index contributed by atoms with van der Waals surface area (Å²) in [4.78, 5) is 14.5. The molecule has 4 heteroatoms. The van der Waals surface area contributed by atoms with Crippen LogP contribution in [0.1, 0.15) is 58.8 Å². The van der Waals surface area contributed by atoms with Crippen molar-refractivity contribution in [3.63, 3.8) is 0 Å². The van der Waals surface area contributed by atoms with Crippen molar-refractivity contribution >= 4 is 16.6 Å². The zero-order valence-electron chi connectivity index (χ0n) is 18.7. The number of hydrogen-bond donors (Lipinski definition) is 0. The fraction of sp³-hybridized carbons (Fsp3) is 0.593. The van der Waals surface area contributed by atoms with Crippen LogP contribution in [-0.2, 0) is 20.3 Å². The summed E-state index contributed by atoms with van der Waals surface area (Å²) >= 11 is 0. The van der Waals surface area contributed by atoms with Gasteiger partial charge in [0.05, 0.1) is 28.4 Å². The Kier molecular flexibility index (Phi) is 5.70. The van der Waals surface area contributed by atoms with Crippen LogP contribution in [0.25, 0.3) is 0 Å². The molecule has 7 atom stereocenters. The zero-order valence-corrected chi connectivity index (χ0v) is 19.5. The van der Waals surface area contributed by atoms with Gasteiger partial charge in [-0.05, 0) is 92.9 Å². The lowest BCUT2D eigenvalue weighted by Crippen LogP contribution is -2.47. The van der Waals surface area contributed by atoms with Gasteiger partial charge in [-0.25, -0.2) is 0 Å². The van der Waals surface area contributed by atoms with Crippen molar-refractivity contribution < 1.29 is 13.7 Å². The van der Waals surface area contributed by atoms with Gasteiger partial charge >= 0.3 is 0 Å². The van der Waals surface area contributed by atoms with E-state index < -0.39 is 10.8 Å². The highest BCUT2D eigenvalue weighted by Gasteiger charge is 2.61. The van der Waals surface area contributed by atoms with Crippen LogP contribution in [0.4, 0.5) is 0 Å². The Morgan fingerprint density at radius 2 is 1.94 bits per heavy atom. The molecule has 1 aromatic carbocycles. The highest BCUT2D eigenvalue weighted by molar-refractivity contribution is 7.86. The SMILES string of the molecule is CCOC1=CC2=CCC3C(CC[C@]4(CC)C(=O)C(S(=O)c5ccccc5)CC34)C2CC1. The number of rotatable bonds is 5. The first-order valence-electron chi connectivity index (χ1n) is 12.1. The molecule has 0 aromatic heterocycles. The third-order valence-electron chi connectivity index (χ3n) is 8.75. The van der Waals surface area contributed by atoms with E-state index in [1.165, 1.54) is 5.57 Å². The maximum absolute atomic E-state index is 13.7. The van der Waals surface area contributed by atoms with E-state index in [0.717, 1.165) is 62.2 Å². The predicted octanol–water partition coefficient (Wildman–Crippen LogP) is 5.83. The van der Waals surface area contributed by atoms with Crippen LogP contribution >= 0.6 is 0 Å². The molecule has 0 N–H and O–H groups in total. The van der Waals surface area contributed by atoms with Gasteiger partial charge in [0, 0.05) is 16.7 Å². The van der Waals surface area contributed by atoms with Crippen LogP contribution in [0.5, 0.6) is 0 Å². The minimum atomic E-state index is -1.25. The van der Waals surface area contributed by atoms with Crippen molar-refractivity contribution in [2.75, 3.05) is 6.61 Å².